The number of piperazine rings is 1. The molecule has 4 nitrogen and oxygen atoms in total. The number of nitrogens with one attached hydrogen (secondary N) is 1. The van der Waals surface area contributed by atoms with Gasteiger partial charge in [-0.2, -0.15) is 0 Å². The third-order valence-corrected chi connectivity index (χ3v) is 3.41. The zero-order chi connectivity index (χ0) is 14.4. The van der Waals surface area contributed by atoms with Crippen LogP contribution < -0.4 is 10.1 Å². The Labute approximate surface area is 118 Å². The maximum atomic E-state index is 13.3. The van der Waals surface area contributed by atoms with Gasteiger partial charge in [0, 0.05) is 39.1 Å². The van der Waals surface area contributed by atoms with Crippen molar-refractivity contribution in [2.24, 2.45) is 0 Å². The summed E-state index contributed by atoms with van der Waals surface area (Å²) in [4.78, 5) is 14.5. The lowest BCUT2D eigenvalue weighted by molar-refractivity contribution is 0.0956. The minimum atomic E-state index is -0.404. The second-order valence-electron chi connectivity index (χ2n) is 4.84. The van der Waals surface area contributed by atoms with Crippen molar-refractivity contribution < 1.29 is 13.9 Å². The first-order valence-corrected chi connectivity index (χ1v) is 7.09. The van der Waals surface area contributed by atoms with Crippen LogP contribution in [0.2, 0.25) is 0 Å². The molecular formula is C15H21FN2O2. The first-order chi connectivity index (χ1) is 9.70. The topological polar surface area (TPSA) is 41.6 Å². The first-order valence-electron chi connectivity index (χ1n) is 7.09. The predicted octanol–water partition coefficient (Wildman–Crippen LogP) is 1.70. The summed E-state index contributed by atoms with van der Waals surface area (Å²) in [5, 5.41) is 3.27. The van der Waals surface area contributed by atoms with Crippen LogP contribution in [0.15, 0.2) is 18.2 Å². The van der Waals surface area contributed by atoms with Gasteiger partial charge in [-0.15, -0.1) is 0 Å². The summed E-state index contributed by atoms with van der Waals surface area (Å²) < 4.78 is 18.7. The van der Waals surface area contributed by atoms with Gasteiger partial charge >= 0.3 is 0 Å². The molecule has 0 aromatic heterocycles. The summed E-state index contributed by atoms with van der Waals surface area (Å²) in [6, 6.07) is 4.11. The Morgan fingerprint density at radius 1 is 1.40 bits per heavy atom. The van der Waals surface area contributed by atoms with Gasteiger partial charge in [-0.25, -0.2) is 4.39 Å². The Kier molecular flexibility index (Phi) is 5.49. The van der Waals surface area contributed by atoms with Gasteiger partial charge in [0.15, 0.2) is 5.78 Å². The van der Waals surface area contributed by atoms with E-state index in [0.29, 0.717) is 30.9 Å². The van der Waals surface area contributed by atoms with Crippen LogP contribution in [0.1, 0.15) is 23.7 Å². The zero-order valence-corrected chi connectivity index (χ0v) is 11.8. The summed E-state index contributed by atoms with van der Waals surface area (Å²) in [5.41, 5.74) is 0.349. The van der Waals surface area contributed by atoms with Gasteiger partial charge in [-0.3, -0.25) is 4.79 Å². The van der Waals surface area contributed by atoms with Crippen molar-refractivity contribution >= 4 is 5.78 Å². The molecule has 1 aromatic rings. The summed E-state index contributed by atoms with van der Waals surface area (Å²) in [6.45, 7) is 6.84. The summed E-state index contributed by atoms with van der Waals surface area (Å²) >= 11 is 0. The fourth-order valence-electron chi connectivity index (χ4n) is 2.33. The largest absolute Gasteiger partial charge is 0.493 e. The third-order valence-electron chi connectivity index (χ3n) is 3.41. The molecule has 0 radical (unpaired) electrons. The lowest BCUT2D eigenvalue weighted by Crippen LogP contribution is -2.44. The summed E-state index contributed by atoms with van der Waals surface area (Å²) in [5.74, 6) is 0.00432. The van der Waals surface area contributed by atoms with Crippen LogP contribution in [-0.2, 0) is 0 Å². The molecule has 1 N–H and O–H groups in total. The second kappa shape index (κ2) is 7.36. The number of hydrogen-bond donors (Lipinski definition) is 1. The SMILES string of the molecule is CCOc1ccc(F)cc1C(=O)CCN1CCNCC1. The van der Waals surface area contributed by atoms with E-state index in [1.165, 1.54) is 18.2 Å². The smallest absolute Gasteiger partial charge is 0.167 e. The lowest BCUT2D eigenvalue weighted by Gasteiger charge is -2.26. The van der Waals surface area contributed by atoms with E-state index in [1.807, 2.05) is 6.92 Å². The Morgan fingerprint density at radius 3 is 2.85 bits per heavy atom. The van der Waals surface area contributed by atoms with Gasteiger partial charge in [0.2, 0.25) is 0 Å². The number of rotatable bonds is 6. The number of carbonyl (C=O) groups is 1. The van der Waals surface area contributed by atoms with Crippen LogP contribution in [0.25, 0.3) is 0 Å². The van der Waals surface area contributed by atoms with Crippen molar-refractivity contribution in [1.29, 1.82) is 0 Å². The third kappa shape index (κ3) is 4.02. The highest BCUT2D eigenvalue weighted by molar-refractivity contribution is 5.98. The molecule has 20 heavy (non-hydrogen) atoms. The number of ether oxygens (including phenoxy) is 1. The minimum absolute atomic E-state index is 0.0634. The fraction of sp³-hybridized carbons (Fsp3) is 0.533. The van der Waals surface area contributed by atoms with E-state index in [0.717, 1.165) is 26.2 Å². The zero-order valence-electron chi connectivity index (χ0n) is 11.8. The maximum absolute atomic E-state index is 13.3. The number of nitrogens with zero attached hydrogens (tertiary/aromatic N) is 1. The Balaban J connectivity index is 1.98. The van der Waals surface area contributed by atoms with Gasteiger partial charge in [0.25, 0.3) is 0 Å². The van der Waals surface area contributed by atoms with Gasteiger partial charge in [-0.05, 0) is 25.1 Å². The number of halogens is 1. The van der Waals surface area contributed by atoms with Gasteiger partial charge in [-0.1, -0.05) is 0 Å². The van der Waals surface area contributed by atoms with E-state index >= 15 is 0 Å². The van der Waals surface area contributed by atoms with Crippen LogP contribution >= 0.6 is 0 Å². The minimum Gasteiger partial charge on any atom is -0.493 e. The monoisotopic (exact) mass is 280 g/mol. The number of ketones is 1. The van der Waals surface area contributed by atoms with Crippen molar-refractivity contribution in [3.8, 4) is 5.75 Å². The molecule has 0 atom stereocenters. The van der Waals surface area contributed by atoms with Crippen LogP contribution in [0.5, 0.6) is 5.75 Å². The molecule has 0 unspecified atom stereocenters. The van der Waals surface area contributed by atoms with E-state index in [1.54, 1.807) is 0 Å². The molecule has 0 spiro atoms. The molecule has 1 heterocycles. The molecule has 110 valence electrons. The molecule has 0 saturated carbocycles. The van der Waals surface area contributed by atoms with Gasteiger partial charge in [0.1, 0.15) is 11.6 Å². The van der Waals surface area contributed by atoms with Crippen LogP contribution in [0.4, 0.5) is 4.39 Å². The lowest BCUT2D eigenvalue weighted by atomic mass is 10.1. The van der Waals surface area contributed by atoms with E-state index in [9.17, 15) is 9.18 Å². The highest BCUT2D eigenvalue weighted by Gasteiger charge is 2.16. The summed E-state index contributed by atoms with van der Waals surface area (Å²) in [7, 11) is 0. The predicted molar refractivity (Wildman–Crippen MR) is 75.8 cm³/mol. The molecule has 5 heteroatoms. The van der Waals surface area contributed by atoms with Crippen molar-refractivity contribution in [2.75, 3.05) is 39.3 Å². The standard InChI is InChI=1S/C15H21FN2O2/c1-2-20-15-4-3-12(16)11-13(15)14(19)5-8-18-9-6-17-7-10-18/h3-4,11,17H,2,5-10H2,1H3. The Morgan fingerprint density at radius 2 is 2.15 bits per heavy atom. The Bertz CT molecular complexity index is 459. The average molecular weight is 280 g/mol. The molecule has 0 amide bonds. The van der Waals surface area contributed by atoms with Gasteiger partial charge < -0.3 is 15.0 Å². The number of Topliss-reactive ketones (excluding diaryl/α,β-unsaturated/α-hetero) is 1. The highest BCUT2D eigenvalue weighted by Crippen LogP contribution is 2.21. The molecular weight excluding hydrogens is 259 g/mol. The van der Waals surface area contributed by atoms with Crippen LogP contribution in [0, 0.1) is 5.82 Å². The molecule has 2 rings (SSSR count). The first kappa shape index (κ1) is 14.9. The number of carbonyl (C=O) groups excluding carboxylic acids is 1. The molecule has 0 bridgehead atoms. The van der Waals surface area contributed by atoms with Crippen molar-refractivity contribution in [1.82, 2.24) is 10.2 Å². The molecule has 1 fully saturated rings. The van der Waals surface area contributed by atoms with Crippen molar-refractivity contribution in [3.05, 3.63) is 29.6 Å². The van der Waals surface area contributed by atoms with Crippen molar-refractivity contribution in [3.63, 3.8) is 0 Å². The Hall–Kier alpha value is -1.46. The molecule has 1 aliphatic rings. The maximum Gasteiger partial charge on any atom is 0.167 e. The fourth-order valence-corrected chi connectivity index (χ4v) is 2.33. The normalized spacial score (nSPS) is 16.1. The quantitative estimate of drug-likeness (QED) is 0.805. The average Bonchev–Trinajstić information content (AvgIpc) is 2.48. The molecule has 0 aliphatic carbocycles. The van der Waals surface area contributed by atoms with Crippen LogP contribution in [0.3, 0.4) is 0 Å². The van der Waals surface area contributed by atoms with Gasteiger partial charge in [0.05, 0.1) is 12.2 Å². The summed E-state index contributed by atoms with van der Waals surface area (Å²) in [6.07, 6.45) is 0.392. The molecule has 1 aliphatic heterocycles. The van der Waals surface area contributed by atoms with E-state index in [2.05, 4.69) is 10.2 Å². The van der Waals surface area contributed by atoms with E-state index in [-0.39, 0.29) is 5.78 Å². The molecule has 1 saturated heterocycles. The second-order valence-corrected chi connectivity index (χ2v) is 4.84. The number of benzene rings is 1. The van der Waals surface area contributed by atoms with E-state index < -0.39 is 5.82 Å². The van der Waals surface area contributed by atoms with E-state index in [4.69, 9.17) is 4.74 Å². The van der Waals surface area contributed by atoms with Crippen molar-refractivity contribution in [2.45, 2.75) is 13.3 Å². The number of hydrogen-bond acceptors (Lipinski definition) is 4. The molecule has 1 aromatic carbocycles. The van der Waals surface area contributed by atoms with Crippen LogP contribution in [-0.4, -0.2) is 50.0 Å². The highest BCUT2D eigenvalue weighted by atomic mass is 19.1.